The normalized spacial score (nSPS) is 19.0. The highest BCUT2D eigenvalue weighted by Crippen LogP contribution is 2.20. The average molecular weight is 275 g/mol. The Morgan fingerprint density at radius 2 is 2.12 bits per heavy atom. The molecule has 0 radical (unpaired) electrons. The minimum Gasteiger partial charge on any atom is -0.379 e. The number of nitrogens with zero attached hydrogens (tertiary/aromatic N) is 1. The Kier molecular flexibility index (Phi) is 6.09. The summed E-state index contributed by atoms with van der Waals surface area (Å²) in [7, 11) is 0. The quantitative estimate of drug-likeness (QED) is 0.918. The Morgan fingerprint density at radius 1 is 1.38 bits per heavy atom. The second-order valence-corrected chi connectivity index (χ2v) is 5.50. The predicted molar refractivity (Wildman–Crippen MR) is 77.7 cm³/mol. The highest BCUT2D eigenvalue weighted by Gasteiger charge is 2.15. The zero-order chi connectivity index (χ0) is 10.5. The van der Waals surface area contributed by atoms with Crippen LogP contribution in [0, 0.1) is 0 Å². The minimum absolute atomic E-state index is 0. The molecule has 1 aliphatic rings. The Morgan fingerprint density at radius 3 is 2.75 bits per heavy atom. The molecule has 16 heavy (non-hydrogen) atoms. The molecule has 5 heteroatoms. The van der Waals surface area contributed by atoms with Crippen LogP contribution in [0.4, 0.5) is 0 Å². The number of hydrogen-bond donors (Lipinski definition) is 1. The number of amidine groups is 1. The lowest BCUT2D eigenvalue weighted by Gasteiger charge is -2.05. The fourth-order valence-corrected chi connectivity index (χ4v) is 3.35. The summed E-state index contributed by atoms with van der Waals surface area (Å²) < 4.78 is 0. The van der Waals surface area contributed by atoms with Crippen LogP contribution in [-0.4, -0.2) is 22.7 Å². The lowest BCUT2D eigenvalue weighted by Crippen LogP contribution is -2.07. The number of halogens is 1. The molecule has 0 saturated carbocycles. The van der Waals surface area contributed by atoms with Gasteiger partial charge in [-0.25, -0.2) is 0 Å². The molecule has 1 unspecified atom stereocenters. The second-order valence-electron chi connectivity index (χ2n) is 3.43. The molecule has 1 heterocycles. The van der Waals surface area contributed by atoms with Crippen LogP contribution in [0.3, 0.4) is 0 Å². The summed E-state index contributed by atoms with van der Waals surface area (Å²) in [5.41, 5.74) is 6.99. The number of thioether (sulfide) groups is 2. The Labute approximate surface area is 111 Å². The van der Waals surface area contributed by atoms with Gasteiger partial charge in [0.25, 0.3) is 0 Å². The van der Waals surface area contributed by atoms with E-state index in [-0.39, 0.29) is 12.4 Å². The molecule has 0 spiro atoms. The van der Waals surface area contributed by atoms with E-state index in [0.717, 1.165) is 22.4 Å². The van der Waals surface area contributed by atoms with E-state index in [9.17, 15) is 0 Å². The zero-order valence-electron chi connectivity index (χ0n) is 8.83. The molecule has 2 nitrogen and oxygen atoms in total. The summed E-state index contributed by atoms with van der Waals surface area (Å²) in [5, 5.41) is 0.750. The largest absolute Gasteiger partial charge is 0.379 e. The SMILES string of the molecule is Cl.NC1=NC(CSCc2ccccc2)CS1. The maximum absolute atomic E-state index is 5.61. The highest BCUT2D eigenvalue weighted by molar-refractivity contribution is 8.14. The third-order valence-corrected chi connectivity index (χ3v) is 4.27. The summed E-state index contributed by atoms with van der Waals surface area (Å²) in [5.74, 6) is 3.19. The van der Waals surface area contributed by atoms with Crippen molar-refractivity contribution in [3.63, 3.8) is 0 Å². The van der Waals surface area contributed by atoms with Crippen molar-refractivity contribution in [3.05, 3.63) is 35.9 Å². The molecular formula is C11H15ClN2S2. The molecule has 0 fully saturated rings. The molecule has 0 amide bonds. The first kappa shape index (κ1) is 13.7. The van der Waals surface area contributed by atoms with Crippen molar-refractivity contribution in [3.8, 4) is 0 Å². The Balaban J connectivity index is 0.00000128. The van der Waals surface area contributed by atoms with Crippen molar-refractivity contribution in [2.45, 2.75) is 11.8 Å². The van der Waals surface area contributed by atoms with Gasteiger partial charge in [0, 0.05) is 17.3 Å². The van der Waals surface area contributed by atoms with Gasteiger partial charge in [0.2, 0.25) is 0 Å². The van der Waals surface area contributed by atoms with Crippen LogP contribution in [-0.2, 0) is 5.75 Å². The van der Waals surface area contributed by atoms with Gasteiger partial charge < -0.3 is 5.73 Å². The number of hydrogen-bond acceptors (Lipinski definition) is 4. The first-order valence-electron chi connectivity index (χ1n) is 4.92. The van der Waals surface area contributed by atoms with Gasteiger partial charge in [-0.2, -0.15) is 11.8 Å². The van der Waals surface area contributed by atoms with E-state index in [1.807, 2.05) is 17.8 Å². The van der Waals surface area contributed by atoms with Crippen molar-refractivity contribution in [1.29, 1.82) is 0 Å². The van der Waals surface area contributed by atoms with Crippen molar-refractivity contribution in [2.24, 2.45) is 10.7 Å². The maximum Gasteiger partial charge on any atom is 0.154 e. The van der Waals surface area contributed by atoms with Crippen molar-refractivity contribution in [2.75, 3.05) is 11.5 Å². The van der Waals surface area contributed by atoms with Gasteiger partial charge in [0.05, 0.1) is 6.04 Å². The first-order chi connectivity index (χ1) is 7.34. The molecule has 1 aromatic rings. The topological polar surface area (TPSA) is 38.4 Å². The lowest BCUT2D eigenvalue weighted by atomic mass is 10.2. The zero-order valence-corrected chi connectivity index (χ0v) is 11.3. The number of nitrogens with two attached hydrogens (primary N) is 1. The maximum atomic E-state index is 5.61. The molecule has 0 saturated heterocycles. The number of benzene rings is 1. The van der Waals surface area contributed by atoms with Crippen molar-refractivity contribution < 1.29 is 0 Å². The van der Waals surface area contributed by atoms with Crippen LogP contribution in [0.5, 0.6) is 0 Å². The summed E-state index contributed by atoms with van der Waals surface area (Å²) in [6, 6.07) is 11.0. The molecule has 2 N–H and O–H groups in total. The summed E-state index contributed by atoms with van der Waals surface area (Å²) in [6.07, 6.45) is 0. The van der Waals surface area contributed by atoms with E-state index < -0.39 is 0 Å². The molecule has 88 valence electrons. The summed E-state index contributed by atoms with van der Waals surface area (Å²) >= 11 is 3.60. The van der Waals surface area contributed by atoms with E-state index in [1.54, 1.807) is 11.8 Å². The van der Waals surface area contributed by atoms with Gasteiger partial charge in [-0.3, -0.25) is 4.99 Å². The van der Waals surface area contributed by atoms with Gasteiger partial charge in [-0.15, -0.1) is 12.4 Å². The fourth-order valence-electron chi connectivity index (χ4n) is 1.41. The van der Waals surface area contributed by atoms with Gasteiger partial charge >= 0.3 is 0 Å². The Bertz CT molecular complexity index is 343. The second kappa shape index (κ2) is 7.09. The molecule has 0 bridgehead atoms. The standard InChI is InChI=1S/C11H14N2S2.ClH/c12-11-13-10(8-15-11)7-14-6-9-4-2-1-3-5-9;/h1-5,10H,6-8H2,(H2,12,13);1H. The molecule has 0 aliphatic carbocycles. The smallest absolute Gasteiger partial charge is 0.154 e. The van der Waals surface area contributed by atoms with Gasteiger partial charge in [-0.05, 0) is 5.56 Å². The third-order valence-electron chi connectivity index (χ3n) is 2.16. The lowest BCUT2D eigenvalue weighted by molar-refractivity contribution is 0.877. The Hall–Kier alpha value is -0.320. The molecule has 1 atom stereocenters. The summed E-state index contributed by atoms with van der Waals surface area (Å²) in [6.45, 7) is 0. The predicted octanol–water partition coefficient (Wildman–Crippen LogP) is 2.77. The van der Waals surface area contributed by atoms with E-state index in [4.69, 9.17) is 5.73 Å². The monoisotopic (exact) mass is 274 g/mol. The van der Waals surface area contributed by atoms with E-state index in [1.165, 1.54) is 5.56 Å². The van der Waals surface area contributed by atoms with Crippen LogP contribution in [0.2, 0.25) is 0 Å². The van der Waals surface area contributed by atoms with E-state index >= 15 is 0 Å². The number of aliphatic imine (C=N–C) groups is 1. The van der Waals surface area contributed by atoms with Crippen molar-refractivity contribution >= 4 is 41.1 Å². The fraction of sp³-hybridized carbons (Fsp3) is 0.364. The number of rotatable bonds is 4. The van der Waals surface area contributed by atoms with Crippen LogP contribution < -0.4 is 5.73 Å². The molecule has 0 aromatic heterocycles. The first-order valence-corrected chi connectivity index (χ1v) is 7.06. The van der Waals surface area contributed by atoms with Crippen LogP contribution >= 0.6 is 35.9 Å². The third kappa shape index (κ3) is 4.28. The van der Waals surface area contributed by atoms with Gasteiger partial charge in [-0.1, -0.05) is 42.1 Å². The van der Waals surface area contributed by atoms with Crippen LogP contribution in [0.15, 0.2) is 35.3 Å². The average Bonchev–Trinajstić information content (AvgIpc) is 2.66. The van der Waals surface area contributed by atoms with Crippen LogP contribution in [0.25, 0.3) is 0 Å². The minimum atomic E-state index is 0. The molecular weight excluding hydrogens is 260 g/mol. The molecule has 1 aromatic carbocycles. The highest BCUT2D eigenvalue weighted by atomic mass is 35.5. The van der Waals surface area contributed by atoms with E-state index in [0.29, 0.717) is 6.04 Å². The van der Waals surface area contributed by atoms with Crippen LogP contribution in [0.1, 0.15) is 5.56 Å². The van der Waals surface area contributed by atoms with Gasteiger partial charge in [0.1, 0.15) is 0 Å². The molecule has 1 aliphatic heterocycles. The summed E-state index contributed by atoms with van der Waals surface area (Å²) in [4.78, 5) is 4.36. The van der Waals surface area contributed by atoms with Gasteiger partial charge in [0.15, 0.2) is 5.17 Å². The van der Waals surface area contributed by atoms with E-state index in [2.05, 4.69) is 29.3 Å². The van der Waals surface area contributed by atoms with Crippen molar-refractivity contribution in [1.82, 2.24) is 0 Å². The molecule has 2 rings (SSSR count).